The molecule has 54 heavy (non-hydrogen) atoms. The number of phenolic OH excluding ortho intramolecular Hbond substituents is 2. The number of hydrogen-bond acceptors (Lipinski definition) is 16. The van der Waals surface area contributed by atoms with E-state index in [2.05, 4.69) is 0 Å². The summed E-state index contributed by atoms with van der Waals surface area (Å²) in [7, 11) is 0. The molecule has 4 aromatic carbocycles. The zero-order chi connectivity index (χ0) is 39.5. The van der Waals surface area contributed by atoms with Gasteiger partial charge in [-0.05, 0) is 72.9 Å². The summed E-state index contributed by atoms with van der Waals surface area (Å²) in [5, 5.41) is 106. The Bertz CT molecular complexity index is 1960. The molecule has 6 rings (SSSR count). The van der Waals surface area contributed by atoms with Crippen molar-refractivity contribution in [1.29, 1.82) is 0 Å². The van der Waals surface area contributed by atoms with Crippen LogP contribution in [-0.4, -0.2) is 137 Å². The number of rotatable bonds is 9. The maximum Gasteiger partial charge on any atom is 0.229 e. The molecule has 4 aromatic rings. The van der Waals surface area contributed by atoms with Gasteiger partial charge in [-0.1, -0.05) is 24.3 Å². The van der Waals surface area contributed by atoms with Crippen molar-refractivity contribution in [3.63, 3.8) is 0 Å². The average Bonchev–Trinajstić information content (AvgIpc) is 3.12. The summed E-state index contributed by atoms with van der Waals surface area (Å²) in [6, 6.07) is 9.08. The van der Waals surface area contributed by atoms with Crippen LogP contribution in [0.5, 0.6) is 23.0 Å². The quantitative estimate of drug-likeness (QED) is 0.104. The van der Waals surface area contributed by atoms with Crippen LogP contribution in [0.25, 0.3) is 32.7 Å². The van der Waals surface area contributed by atoms with E-state index in [9.17, 15) is 60.7 Å². The zero-order valence-corrected chi connectivity index (χ0v) is 29.6. The molecule has 0 radical (unpaired) electrons. The summed E-state index contributed by atoms with van der Waals surface area (Å²) >= 11 is 0. The monoisotopic (exact) mass is 754 g/mol. The van der Waals surface area contributed by atoms with Gasteiger partial charge in [0.1, 0.15) is 71.8 Å². The number of aromatic hydroxyl groups is 2. The Labute approximate surface area is 307 Å². The van der Waals surface area contributed by atoms with E-state index in [1.54, 1.807) is 26.0 Å². The molecule has 10 atom stereocenters. The van der Waals surface area contributed by atoms with Crippen molar-refractivity contribution in [3.05, 3.63) is 58.7 Å². The highest BCUT2D eigenvalue weighted by Crippen LogP contribution is 2.51. The molecule has 0 spiro atoms. The highest BCUT2D eigenvalue weighted by molar-refractivity contribution is 6.19. The molecule has 290 valence electrons. The van der Waals surface area contributed by atoms with Crippen LogP contribution in [0.4, 0.5) is 0 Å². The molecule has 0 aromatic heterocycles. The molecular formula is C38H42O16. The normalized spacial score (nSPS) is 28.7. The molecule has 10 N–H and O–H groups in total. The van der Waals surface area contributed by atoms with Crippen LogP contribution >= 0.6 is 0 Å². The minimum absolute atomic E-state index is 0.0426. The number of fused-ring (bicyclic) bond motifs is 2. The van der Waals surface area contributed by atoms with E-state index in [4.69, 9.17) is 18.9 Å². The van der Waals surface area contributed by atoms with Crippen LogP contribution in [0.3, 0.4) is 0 Å². The number of hydrogen-bond donors (Lipinski definition) is 10. The minimum atomic E-state index is -1.80. The highest BCUT2D eigenvalue weighted by Gasteiger charge is 2.46. The van der Waals surface area contributed by atoms with Crippen molar-refractivity contribution in [2.75, 3.05) is 13.2 Å². The van der Waals surface area contributed by atoms with Gasteiger partial charge in [-0.15, -0.1) is 0 Å². The van der Waals surface area contributed by atoms with Gasteiger partial charge in [-0.3, -0.25) is 9.59 Å². The van der Waals surface area contributed by atoms with E-state index in [0.29, 0.717) is 11.1 Å². The minimum Gasteiger partial charge on any atom is -0.506 e. The number of phenols is 2. The lowest BCUT2D eigenvalue weighted by molar-refractivity contribution is -0.277. The van der Waals surface area contributed by atoms with Crippen LogP contribution in [0.2, 0.25) is 0 Å². The van der Waals surface area contributed by atoms with Crippen molar-refractivity contribution >= 4 is 33.1 Å². The molecular weight excluding hydrogens is 712 g/mol. The first-order valence-electron chi connectivity index (χ1n) is 17.1. The number of ketones is 2. The van der Waals surface area contributed by atoms with Gasteiger partial charge >= 0.3 is 0 Å². The maximum atomic E-state index is 13.3. The number of aliphatic hydroxyl groups is 8. The van der Waals surface area contributed by atoms with Gasteiger partial charge in [0.05, 0.1) is 35.1 Å². The lowest BCUT2D eigenvalue weighted by Crippen LogP contribution is -2.60. The zero-order valence-electron chi connectivity index (χ0n) is 29.6. The van der Waals surface area contributed by atoms with Gasteiger partial charge in [0.15, 0.2) is 11.6 Å². The second-order valence-corrected chi connectivity index (χ2v) is 13.5. The van der Waals surface area contributed by atoms with Crippen LogP contribution in [0.15, 0.2) is 36.4 Å². The van der Waals surface area contributed by atoms with Crippen LogP contribution in [0.1, 0.15) is 45.7 Å². The molecule has 2 heterocycles. The Kier molecular flexibility index (Phi) is 10.9. The van der Waals surface area contributed by atoms with Gasteiger partial charge in [-0.25, -0.2) is 0 Å². The van der Waals surface area contributed by atoms with Gasteiger partial charge in [0.25, 0.3) is 0 Å². The maximum absolute atomic E-state index is 13.3. The predicted octanol–water partition coefficient (Wildman–Crippen LogP) is 0.451. The van der Waals surface area contributed by atoms with Crippen LogP contribution in [-0.2, 0) is 9.47 Å². The number of aliphatic hydroxyl groups excluding tert-OH is 8. The Hall–Kier alpha value is -4.46. The fourth-order valence-corrected chi connectivity index (χ4v) is 7.51. The van der Waals surface area contributed by atoms with E-state index < -0.39 is 97.7 Å². The number of benzene rings is 4. The molecule has 2 aliphatic heterocycles. The number of ether oxygens (including phenoxy) is 4. The van der Waals surface area contributed by atoms with Crippen LogP contribution in [0, 0.1) is 13.8 Å². The largest absolute Gasteiger partial charge is 0.506 e. The van der Waals surface area contributed by atoms with Crippen molar-refractivity contribution in [2.24, 2.45) is 0 Å². The van der Waals surface area contributed by atoms with Crippen molar-refractivity contribution in [2.45, 2.75) is 89.1 Å². The molecule has 2 saturated heterocycles. The first-order valence-corrected chi connectivity index (χ1v) is 17.1. The number of carbonyl (C=O) groups is 2. The Morgan fingerprint density at radius 1 is 0.593 bits per heavy atom. The smallest absolute Gasteiger partial charge is 0.229 e. The summed E-state index contributed by atoms with van der Waals surface area (Å²) in [5.74, 6) is -2.38. The highest BCUT2D eigenvalue weighted by atomic mass is 16.7. The molecule has 0 saturated carbocycles. The number of carbonyl (C=O) groups excluding carboxylic acids is 2. The lowest BCUT2D eigenvalue weighted by Gasteiger charge is -2.39. The van der Waals surface area contributed by atoms with E-state index in [-0.39, 0.29) is 55.3 Å². The molecule has 0 bridgehead atoms. The molecule has 0 aliphatic carbocycles. The predicted molar refractivity (Wildman–Crippen MR) is 188 cm³/mol. The van der Waals surface area contributed by atoms with Gasteiger partial charge in [-0.2, -0.15) is 0 Å². The Morgan fingerprint density at radius 3 is 1.26 bits per heavy atom. The second-order valence-electron chi connectivity index (χ2n) is 13.5. The fourth-order valence-electron chi connectivity index (χ4n) is 7.51. The Balaban J connectivity index is 1.62. The van der Waals surface area contributed by atoms with Crippen molar-refractivity contribution < 1.29 is 79.6 Å². The fraction of sp³-hybridized carbons (Fsp3) is 0.421. The van der Waals surface area contributed by atoms with Crippen molar-refractivity contribution in [3.8, 4) is 34.1 Å². The third-order valence-corrected chi connectivity index (χ3v) is 10.2. The van der Waals surface area contributed by atoms with Gasteiger partial charge < -0.3 is 70.0 Å². The summed E-state index contributed by atoms with van der Waals surface area (Å²) in [6.45, 7) is 4.17. The summed E-state index contributed by atoms with van der Waals surface area (Å²) < 4.78 is 23.1. The third-order valence-electron chi connectivity index (χ3n) is 10.2. The van der Waals surface area contributed by atoms with Crippen molar-refractivity contribution in [1.82, 2.24) is 0 Å². The first kappa shape index (κ1) is 39.2. The molecule has 2 aliphatic rings. The SMILES string of the molecule is CC(=O)c1c(C)c(-c2c(C)c(C(C)=O)c(O)c3c(OC4OC(CO)C(O)C(O)C4O)cccc23)c2cccc(OC3OC(CO)C(O)C(O)C3O)c2c1O. The van der Waals surface area contributed by atoms with Gasteiger partial charge in [0.2, 0.25) is 12.6 Å². The van der Waals surface area contributed by atoms with Gasteiger partial charge in [0, 0.05) is 0 Å². The molecule has 10 unspecified atom stereocenters. The standard InChI is InChI=1S/C38H42O16/c1-13-23(15(3)41)31(45)27-17(7-5-9-19(27)51-37-35(49)33(47)29(43)21(11-39)53-37)25(13)26-14(2)24(16(4)42)32(46)28-18(26)8-6-10-20(28)52-38-36(50)34(48)30(44)22(12-40)54-38/h5-10,21-22,29-30,33-40,43-50H,11-12H2,1-4H3. The lowest BCUT2D eigenvalue weighted by atomic mass is 9.82. The average molecular weight is 755 g/mol. The summed E-state index contributed by atoms with van der Waals surface area (Å²) in [6.07, 6.45) is -16.4. The summed E-state index contributed by atoms with van der Waals surface area (Å²) in [5.41, 5.74) is 0.872. The van der Waals surface area contributed by atoms with E-state index >= 15 is 0 Å². The van der Waals surface area contributed by atoms with Crippen LogP contribution < -0.4 is 9.47 Å². The molecule has 16 nitrogen and oxygen atoms in total. The second kappa shape index (κ2) is 15.0. The third kappa shape index (κ3) is 6.33. The topological polar surface area (TPSA) is 273 Å². The van der Waals surface area contributed by atoms with E-state index in [1.165, 1.54) is 38.1 Å². The molecule has 0 amide bonds. The van der Waals surface area contributed by atoms with E-state index in [0.717, 1.165) is 0 Å². The Morgan fingerprint density at radius 2 is 0.944 bits per heavy atom. The molecule has 16 heteroatoms. The number of Topliss-reactive ketones (excluding diaryl/α,β-unsaturated/α-hetero) is 2. The first-order chi connectivity index (χ1) is 25.5. The van der Waals surface area contributed by atoms with E-state index in [1.807, 2.05) is 0 Å². The molecule has 2 fully saturated rings. The summed E-state index contributed by atoms with van der Waals surface area (Å²) in [4.78, 5) is 26.5.